The van der Waals surface area contributed by atoms with Crippen LogP contribution >= 0.6 is 24.0 Å². The minimum atomic E-state index is 0. The molecule has 1 aromatic carbocycles. The lowest BCUT2D eigenvalue weighted by Gasteiger charge is -2.36. The standard InChI is InChI=1S/C24H36N6O.HI/c1-3-25-24(29-12-10-28(11-13-29)19-23-9-14-31-27-23)26-16-22-15-20(2)30(18-22)17-21-7-5-4-6-8-21;/h4-9,14,20,22H,3,10-13,15-19H2,1-2H3,(H,25,26);1H. The monoisotopic (exact) mass is 552 g/mol. The van der Waals surface area contributed by atoms with Crippen LogP contribution in [0.5, 0.6) is 0 Å². The lowest BCUT2D eigenvalue weighted by atomic mass is 10.1. The molecule has 2 atom stereocenters. The van der Waals surface area contributed by atoms with Gasteiger partial charge in [0.25, 0.3) is 0 Å². The minimum absolute atomic E-state index is 0. The summed E-state index contributed by atoms with van der Waals surface area (Å²) < 4.78 is 4.96. The minimum Gasteiger partial charge on any atom is -0.364 e. The summed E-state index contributed by atoms with van der Waals surface area (Å²) in [5, 5.41) is 7.55. The summed E-state index contributed by atoms with van der Waals surface area (Å²) in [6, 6.07) is 13.4. The van der Waals surface area contributed by atoms with Gasteiger partial charge in [-0.3, -0.25) is 14.8 Å². The number of piperazine rings is 1. The number of aromatic nitrogens is 1. The Labute approximate surface area is 209 Å². The number of aliphatic imine (C=N–C) groups is 1. The van der Waals surface area contributed by atoms with E-state index in [9.17, 15) is 0 Å². The smallest absolute Gasteiger partial charge is 0.194 e. The maximum atomic E-state index is 5.05. The highest BCUT2D eigenvalue weighted by atomic mass is 127. The maximum absolute atomic E-state index is 5.05. The van der Waals surface area contributed by atoms with Gasteiger partial charge in [0.1, 0.15) is 6.26 Å². The molecule has 1 aromatic heterocycles. The van der Waals surface area contributed by atoms with Crippen LogP contribution in [0.15, 0.2) is 52.2 Å². The highest BCUT2D eigenvalue weighted by Gasteiger charge is 2.29. The van der Waals surface area contributed by atoms with Gasteiger partial charge >= 0.3 is 0 Å². The third-order valence-corrected chi connectivity index (χ3v) is 6.40. The Morgan fingerprint density at radius 3 is 2.59 bits per heavy atom. The van der Waals surface area contributed by atoms with Crippen LogP contribution < -0.4 is 5.32 Å². The number of nitrogens with zero attached hydrogens (tertiary/aromatic N) is 5. The van der Waals surface area contributed by atoms with Crippen molar-refractivity contribution >= 4 is 29.9 Å². The topological polar surface area (TPSA) is 60.1 Å². The van der Waals surface area contributed by atoms with Gasteiger partial charge in [-0.25, -0.2) is 0 Å². The van der Waals surface area contributed by atoms with Crippen molar-refractivity contribution < 1.29 is 4.52 Å². The van der Waals surface area contributed by atoms with Crippen molar-refractivity contribution in [3.05, 3.63) is 53.9 Å². The Morgan fingerprint density at radius 1 is 1.12 bits per heavy atom. The van der Waals surface area contributed by atoms with Crippen LogP contribution in [0, 0.1) is 5.92 Å². The molecule has 2 saturated heterocycles. The molecule has 0 amide bonds. The average molecular weight is 553 g/mol. The predicted octanol–water partition coefficient (Wildman–Crippen LogP) is 3.29. The van der Waals surface area contributed by atoms with Gasteiger partial charge in [0, 0.05) is 71.0 Å². The number of rotatable bonds is 7. The molecular formula is C24H37IN6O. The molecule has 1 N–H and O–H groups in total. The summed E-state index contributed by atoms with van der Waals surface area (Å²) in [6.45, 7) is 13.3. The number of hydrogen-bond donors (Lipinski definition) is 1. The van der Waals surface area contributed by atoms with Crippen molar-refractivity contribution in [1.29, 1.82) is 0 Å². The van der Waals surface area contributed by atoms with Crippen LogP contribution in [-0.2, 0) is 13.1 Å². The first-order valence-corrected chi connectivity index (χ1v) is 11.6. The van der Waals surface area contributed by atoms with Crippen LogP contribution in [0.2, 0.25) is 0 Å². The van der Waals surface area contributed by atoms with E-state index in [1.54, 1.807) is 6.26 Å². The van der Waals surface area contributed by atoms with Crippen molar-refractivity contribution in [3.8, 4) is 0 Å². The first kappa shape index (κ1) is 25.0. The van der Waals surface area contributed by atoms with Gasteiger partial charge in [0.2, 0.25) is 0 Å². The largest absolute Gasteiger partial charge is 0.364 e. The number of guanidine groups is 1. The zero-order valence-corrected chi connectivity index (χ0v) is 21.7. The van der Waals surface area contributed by atoms with E-state index < -0.39 is 0 Å². The van der Waals surface area contributed by atoms with E-state index in [-0.39, 0.29) is 24.0 Å². The quantitative estimate of drug-likeness (QED) is 0.323. The van der Waals surface area contributed by atoms with Crippen LogP contribution in [0.25, 0.3) is 0 Å². The number of nitrogens with one attached hydrogen (secondary N) is 1. The molecule has 32 heavy (non-hydrogen) atoms. The van der Waals surface area contributed by atoms with Gasteiger partial charge in [0.15, 0.2) is 5.96 Å². The third-order valence-electron chi connectivity index (χ3n) is 6.40. The number of hydrogen-bond acceptors (Lipinski definition) is 5. The van der Waals surface area contributed by atoms with Crippen LogP contribution in [0.4, 0.5) is 0 Å². The molecule has 2 fully saturated rings. The fourth-order valence-corrected chi connectivity index (χ4v) is 4.70. The van der Waals surface area contributed by atoms with Gasteiger partial charge in [-0.05, 0) is 31.7 Å². The molecule has 2 unspecified atom stereocenters. The normalized spacial score (nSPS) is 22.7. The third kappa shape index (κ3) is 6.92. The molecule has 0 radical (unpaired) electrons. The SMILES string of the molecule is CCNC(=NCC1CC(C)N(Cc2ccccc2)C1)N1CCN(Cc2ccon2)CC1.I. The van der Waals surface area contributed by atoms with E-state index in [4.69, 9.17) is 9.52 Å². The van der Waals surface area contributed by atoms with Crippen molar-refractivity contribution in [1.82, 2.24) is 25.2 Å². The summed E-state index contributed by atoms with van der Waals surface area (Å²) in [6.07, 6.45) is 2.87. The molecule has 4 rings (SSSR count). The van der Waals surface area contributed by atoms with Gasteiger partial charge in [-0.1, -0.05) is 35.5 Å². The number of benzene rings is 1. The van der Waals surface area contributed by atoms with Crippen molar-refractivity contribution in [2.24, 2.45) is 10.9 Å². The van der Waals surface area contributed by atoms with Crippen molar-refractivity contribution in [2.45, 2.75) is 39.4 Å². The summed E-state index contributed by atoms with van der Waals surface area (Å²) in [4.78, 5) is 12.5. The van der Waals surface area contributed by atoms with Gasteiger partial charge in [0.05, 0.1) is 5.69 Å². The Kier molecular flexibility index (Phi) is 9.80. The van der Waals surface area contributed by atoms with Crippen LogP contribution in [0.3, 0.4) is 0 Å². The second kappa shape index (κ2) is 12.6. The summed E-state index contributed by atoms with van der Waals surface area (Å²) in [5.41, 5.74) is 2.40. The molecule has 2 aromatic rings. The first-order valence-electron chi connectivity index (χ1n) is 11.6. The molecule has 2 aliphatic heterocycles. The Morgan fingerprint density at radius 2 is 1.91 bits per heavy atom. The molecule has 0 saturated carbocycles. The molecule has 0 aliphatic carbocycles. The van der Waals surface area contributed by atoms with E-state index in [1.165, 1.54) is 12.0 Å². The summed E-state index contributed by atoms with van der Waals surface area (Å²) in [5.74, 6) is 1.69. The molecule has 0 bridgehead atoms. The Bertz CT molecular complexity index is 807. The molecular weight excluding hydrogens is 515 g/mol. The summed E-state index contributed by atoms with van der Waals surface area (Å²) >= 11 is 0. The zero-order chi connectivity index (χ0) is 21.5. The fourth-order valence-electron chi connectivity index (χ4n) is 4.70. The van der Waals surface area contributed by atoms with E-state index >= 15 is 0 Å². The predicted molar refractivity (Wildman–Crippen MR) is 139 cm³/mol. The molecule has 3 heterocycles. The first-order chi connectivity index (χ1) is 15.2. The van der Waals surface area contributed by atoms with Gasteiger partial charge in [-0.15, -0.1) is 24.0 Å². The second-order valence-corrected chi connectivity index (χ2v) is 8.81. The second-order valence-electron chi connectivity index (χ2n) is 8.81. The highest BCUT2D eigenvalue weighted by Crippen LogP contribution is 2.25. The van der Waals surface area contributed by atoms with Crippen LogP contribution in [0.1, 0.15) is 31.5 Å². The zero-order valence-electron chi connectivity index (χ0n) is 19.3. The van der Waals surface area contributed by atoms with E-state index in [0.717, 1.165) is 70.6 Å². The molecule has 2 aliphatic rings. The summed E-state index contributed by atoms with van der Waals surface area (Å²) in [7, 11) is 0. The molecule has 0 spiro atoms. The average Bonchev–Trinajstić information content (AvgIpc) is 3.42. The van der Waals surface area contributed by atoms with Gasteiger partial charge < -0.3 is 14.7 Å². The number of likely N-dealkylation sites (tertiary alicyclic amines) is 1. The Balaban J connectivity index is 0.00000289. The van der Waals surface area contributed by atoms with Crippen molar-refractivity contribution in [2.75, 3.05) is 45.8 Å². The fraction of sp³-hybridized carbons (Fsp3) is 0.583. The Hall–Kier alpha value is -1.65. The molecule has 7 nitrogen and oxygen atoms in total. The van der Waals surface area contributed by atoms with Crippen LogP contribution in [-0.4, -0.2) is 77.7 Å². The molecule has 176 valence electrons. The van der Waals surface area contributed by atoms with E-state index in [2.05, 4.69) is 69.4 Å². The van der Waals surface area contributed by atoms with Gasteiger partial charge in [-0.2, -0.15) is 0 Å². The highest BCUT2D eigenvalue weighted by molar-refractivity contribution is 14.0. The molecule has 8 heteroatoms. The lowest BCUT2D eigenvalue weighted by Crippen LogP contribution is -2.52. The lowest BCUT2D eigenvalue weighted by molar-refractivity contribution is 0.169. The number of halogens is 1. The van der Waals surface area contributed by atoms with E-state index in [1.807, 2.05) is 6.07 Å². The maximum Gasteiger partial charge on any atom is 0.194 e. The van der Waals surface area contributed by atoms with E-state index in [0.29, 0.717) is 12.0 Å². The van der Waals surface area contributed by atoms with Crippen molar-refractivity contribution in [3.63, 3.8) is 0 Å².